The van der Waals surface area contributed by atoms with Crippen molar-refractivity contribution in [1.82, 2.24) is 9.38 Å². The smallest absolute Gasteiger partial charge is 0.230 e. The number of hydrogen-bond acceptors (Lipinski definition) is 2. The van der Waals surface area contributed by atoms with Gasteiger partial charge in [-0.15, -0.1) is 0 Å². The molecule has 0 unspecified atom stereocenters. The molecule has 0 aliphatic rings. The van der Waals surface area contributed by atoms with Gasteiger partial charge in [0.1, 0.15) is 28.8 Å². The third kappa shape index (κ3) is 2.78. The third-order valence-corrected chi connectivity index (χ3v) is 3.03. The van der Waals surface area contributed by atoms with E-state index in [9.17, 15) is 18.0 Å². The molecule has 1 N–H and O–H groups in total. The van der Waals surface area contributed by atoms with Gasteiger partial charge in [0.2, 0.25) is 5.91 Å². The summed E-state index contributed by atoms with van der Waals surface area (Å²) in [7, 11) is 0. The average molecular weight is 305 g/mol. The first-order chi connectivity index (χ1) is 10.5. The number of fused-ring (bicyclic) bond motifs is 1. The predicted octanol–water partition coefficient (Wildman–Crippen LogP) is 2.93. The molecule has 0 saturated heterocycles. The standard InChI is InChI=1S/C15H10F3N3O/c16-9-4-5-13-19-10(8-21(13)7-9)6-14(22)20-15-11(17)2-1-3-12(15)18/h1-5,7-8H,6H2,(H,20,22). The summed E-state index contributed by atoms with van der Waals surface area (Å²) in [6.45, 7) is 0. The van der Waals surface area contributed by atoms with Gasteiger partial charge in [-0.05, 0) is 24.3 Å². The van der Waals surface area contributed by atoms with Crippen LogP contribution >= 0.6 is 0 Å². The quantitative estimate of drug-likeness (QED) is 0.808. The van der Waals surface area contributed by atoms with Gasteiger partial charge in [0.05, 0.1) is 12.1 Å². The summed E-state index contributed by atoms with van der Waals surface area (Å²) in [5.41, 5.74) is 0.337. The Balaban J connectivity index is 1.78. The van der Waals surface area contributed by atoms with Gasteiger partial charge in [0.15, 0.2) is 0 Å². The van der Waals surface area contributed by atoms with E-state index >= 15 is 0 Å². The highest BCUT2D eigenvalue weighted by atomic mass is 19.1. The lowest BCUT2D eigenvalue weighted by Gasteiger charge is -2.06. The SMILES string of the molecule is O=C(Cc1cn2cc(F)ccc2n1)Nc1c(F)cccc1F. The molecule has 0 aliphatic heterocycles. The number of nitrogens with one attached hydrogen (secondary N) is 1. The lowest BCUT2D eigenvalue weighted by molar-refractivity contribution is -0.115. The molecule has 2 aromatic heterocycles. The number of benzene rings is 1. The van der Waals surface area contributed by atoms with Crippen molar-refractivity contribution in [2.75, 3.05) is 5.32 Å². The number of hydrogen-bond donors (Lipinski definition) is 1. The van der Waals surface area contributed by atoms with Gasteiger partial charge in [-0.25, -0.2) is 18.2 Å². The Bertz CT molecular complexity index is 840. The zero-order chi connectivity index (χ0) is 15.7. The van der Waals surface area contributed by atoms with E-state index in [0.29, 0.717) is 11.3 Å². The number of rotatable bonds is 3. The van der Waals surface area contributed by atoms with Gasteiger partial charge in [-0.2, -0.15) is 0 Å². The van der Waals surface area contributed by atoms with Crippen LogP contribution in [0.25, 0.3) is 5.65 Å². The fraction of sp³-hybridized carbons (Fsp3) is 0.0667. The van der Waals surface area contributed by atoms with E-state index in [1.54, 1.807) is 0 Å². The van der Waals surface area contributed by atoms with Crippen LogP contribution in [-0.4, -0.2) is 15.3 Å². The Hall–Kier alpha value is -2.83. The molecule has 2 heterocycles. The van der Waals surface area contributed by atoms with Crippen molar-refractivity contribution >= 4 is 17.2 Å². The number of amides is 1. The first-order valence-electron chi connectivity index (χ1n) is 6.40. The minimum Gasteiger partial charge on any atom is -0.321 e. The van der Waals surface area contributed by atoms with Crippen LogP contribution in [0.5, 0.6) is 0 Å². The summed E-state index contributed by atoms with van der Waals surface area (Å²) in [6.07, 6.45) is 2.52. The fourth-order valence-electron chi connectivity index (χ4n) is 2.07. The highest BCUT2D eigenvalue weighted by Gasteiger charge is 2.13. The number of carbonyl (C=O) groups excluding carboxylic acids is 1. The first-order valence-corrected chi connectivity index (χ1v) is 6.40. The third-order valence-electron chi connectivity index (χ3n) is 3.03. The van der Waals surface area contributed by atoms with E-state index < -0.39 is 29.0 Å². The molecule has 112 valence electrons. The van der Waals surface area contributed by atoms with Crippen LogP contribution in [0.15, 0.2) is 42.7 Å². The van der Waals surface area contributed by atoms with Crippen molar-refractivity contribution in [3.63, 3.8) is 0 Å². The highest BCUT2D eigenvalue weighted by Crippen LogP contribution is 2.18. The van der Waals surface area contributed by atoms with Crippen LogP contribution in [0.2, 0.25) is 0 Å². The second-order valence-electron chi connectivity index (χ2n) is 4.67. The first kappa shape index (κ1) is 14.1. The molecule has 3 aromatic rings. The number of anilines is 1. The van der Waals surface area contributed by atoms with Crippen molar-refractivity contribution in [2.45, 2.75) is 6.42 Å². The van der Waals surface area contributed by atoms with Crippen LogP contribution in [-0.2, 0) is 11.2 Å². The molecule has 22 heavy (non-hydrogen) atoms. The second-order valence-corrected chi connectivity index (χ2v) is 4.67. The molecule has 0 fully saturated rings. The summed E-state index contributed by atoms with van der Waals surface area (Å²) >= 11 is 0. The average Bonchev–Trinajstić information content (AvgIpc) is 2.84. The summed E-state index contributed by atoms with van der Waals surface area (Å²) < 4.78 is 41.4. The Morgan fingerprint density at radius 3 is 2.55 bits per heavy atom. The molecule has 0 bridgehead atoms. The summed E-state index contributed by atoms with van der Waals surface area (Å²) in [5, 5.41) is 2.17. The second kappa shape index (κ2) is 5.51. The molecular formula is C15H10F3N3O. The van der Waals surface area contributed by atoms with Crippen molar-refractivity contribution in [3.05, 3.63) is 65.9 Å². The molecule has 0 saturated carbocycles. The minimum absolute atomic E-state index is 0.183. The normalized spacial score (nSPS) is 10.9. The van der Waals surface area contributed by atoms with E-state index in [1.165, 1.54) is 35.0 Å². The number of aromatic nitrogens is 2. The van der Waals surface area contributed by atoms with Crippen molar-refractivity contribution in [3.8, 4) is 0 Å². The van der Waals surface area contributed by atoms with Gasteiger partial charge in [-0.3, -0.25) is 4.79 Å². The summed E-state index contributed by atoms with van der Waals surface area (Å²) in [6, 6.07) is 6.02. The molecule has 1 amide bonds. The minimum atomic E-state index is -0.856. The molecule has 4 nitrogen and oxygen atoms in total. The monoisotopic (exact) mass is 305 g/mol. The Kier molecular flexibility index (Phi) is 3.54. The van der Waals surface area contributed by atoms with E-state index in [1.807, 2.05) is 0 Å². The molecular weight excluding hydrogens is 295 g/mol. The van der Waals surface area contributed by atoms with E-state index in [0.717, 1.165) is 12.1 Å². The van der Waals surface area contributed by atoms with Crippen LogP contribution in [0.4, 0.5) is 18.9 Å². The predicted molar refractivity (Wildman–Crippen MR) is 73.8 cm³/mol. The van der Waals surface area contributed by atoms with Gasteiger partial charge in [0, 0.05) is 12.4 Å². The molecule has 7 heteroatoms. The molecule has 3 rings (SSSR count). The number of halogens is 3. The Labute approximate surface area is 123 Å². The number of carbonyl (C=O) groups is 1. The summed E-state index contributed by atoms with van der Waals surface area (Å²) in [5.74, 6) is -2.77. The van der Waals surface area contributed by atoms with Gasteiger partial charge in [0.25, 0.3) is 0 Å². The fourth-order valence-corrected chi connectivity index (χ4v) is 2.07. The Morgan fingerprint density at radius 1 is 1.09 bits per heavy atom. The maximum atomic E-state index is 13.4. The molecule has 0 aliphatic carbocycles. The Morgan fingerprint density at radius 2 is 1.82 bits per heavy atom. The molecule has 0 atom stereocenters. The van der Waals surface area contributed by atoms with Crippen LogP contribution in [0.3, 0.4) is 0 Å². The lowest BCUT2D eigenvalue weighted by atomic mass is 10.2. The molecule has 1 aromatic carbocycles. The number of para-hydroxylation sites is 1. The largest absolute Gasteiger partial charge is 0.321 e. The zero-order valence-corrected chi connectivity index (χ0v) is 11.2. The maximum absolute atomic E-state index is 13.4. The van der Waals surface area contributed by atoms with E-state index in [2.05, 4.69) is 10.3 Å². The topological polar surface area (TPSA) is 46.4 Å². The van der Waals surface area contributed by atoms with E-state index in [4.69, 9.17) is 0 Å². The van der Waals surface area contributed by atoms with Crippen LogP contribution in [0, 0.1) is 17.5 Å². The number of nitrogens with zero attached hydrogens (tertiary/aromatic N) is 2. The zero-order valence-electron chi connectivity index (χ0n) is 11.2. The van der Waals surface area contributed by atoms with Crippen LogP contribution < -0.4 is 5.32 Å². The summed E-state index contributed by atoms with van der Waals surface area (Å²) in [4.78, 5) is 16.0. The van der Waals surface area contributed by atoms with Gasteiger partial charge >= 0.3 is 0 Å². The number of imidazole rings is 1. The van der Waals surface area contributed by atoms with E-state index in [-0.39, 0.29) is 6.42 Å². The lowest BCUT2D eigenvalue weighted by Crippen LogP contribution is -2.16. The van der Waals surface area contributed by atoms with Gasteiger partial charge < -0.3 is 9.72 Å². The maximum Gasteiger partial charge on any atom is 0.230 e. The molecule has 0 spiro atoms. The van der Waals surface area contributed by atoms with Crippen molar-refractivity contribution < 1.29 is 18.0 Å². The van der Waals surface area contributed by atoms with Crippen molar-refractivity contribution in [1.29, 1.82) is 0 Å². The molecule has 0 radical (unpaired) electrons. The van der Waals surface area contributed by atoms with Crippen LogP contribution in [0.1, 0.15) is 5.69 Å². The van der Waals surface area contributed by atoms with Gasteiger partial charge in [-0.1, -0.05) is 6.07 Å². The van der Waals surface area contributed by atoms with Crippen molar-refractivity contribution in [2.24, 2.45) is 0 Å². The highest BCUT2D eigenvalue weighted by molar-refractivity contribution is 5.92. The number of pyridine rings is 1.